The highest BCUT2D eigenvalue weighted by atomic mass is 16.7. The van der Waals surface area contributed by atoms with E-state index in [2.05, 4.69) is 0 Å². The van der Waals surface area contributed by atoms with E-state index >= 15 is 0 Å². The minimum Gasteiger partial charge on any atom is -0.480 e. The summed E-state index contributed by atoms with van der Waals surface area (Å²) in [6.45, 7) is 3.92. The molecule has 0 bridgehead atoms. The highest BCUT2D eigenvalue weighted by Gasteiger charge is 2.73. The summed E-state index contributed by atoms with van der Waals surface area (Å²) in [7, 11) is 1.18. The van der Waals surface area contributed by atoms with E-state index in [1.54, 1.807) is 36.4 Å². The van der Waals surface area contributed by atoms with Crippen molar-refractivity contribution in [2.45, 2.75) is 26.2 Å². The fourth-order valence-corrected chi connectivity index (χ4v) is 5.74. The van der Waals surface area contributed by atoms with Gasteiger partial charge < -0.3 is 19.3 Å². The van der Waals surface area contributed by atoms with Crippen molar-refractivity contribution in [3.8, 4) is 0 Å². The summed E-state index contributed by atoms with van der Waals surface area (Å²) in [5.41, 5.74) is -1.28. The molecule has 1 aromatic carbocycles. The molecular formula is C25H26O7. The number of methoxy groups -OCH3 is 1. The molecule has 4 atom stereocenters. The number of rotatable bonds is 4. The Hall–Kier alpha value is -3.19. The zero-order valence-corrected chi connectivity index (χ0v) is 18.3. The number of esters is 1. The van der Waals surface area contributed by atoms with Crippen molar-refractivity contribution < 1.29 is 33.7 Å². The molecule has 1 heterocycles. The summed E-state index contributed by atoms with van der Waals surface area (Å²) < 4.78 is 16.3. The quantitative estimate of drug-likeness (QED) is 0.437. The van der Waals surface area contributed by atoms with E-state index in [1.807, 2.05) is 19.9 Å². The maximum Gasteiger partial charge on any atom is 0.323 e. The van der Waals surface area contributed by atoms with Gasteiger partial charge in [0.15, 0.2) is 18.0 Å². The Morgan fingerprint density at radius 3 is 2.53 bits per heavy atom. The molecule has 32 heavy (non-hydrogen) atoms. The Morgan fingerprint density at radius 1 is 1.19 bits per heavy atom. The average molecular weight is 438 g/mol. The Bertz CT molecular complexity index is 1050. The molecule has 7 heteroatoms. The van der Waals surface area contributed by atoms with Gasteiger partial charge in [0, 0.05) is 11.5 Å². The van der Waals surface area contributed by atoms with Gasteiger partial charge in [0.1, 0.15) is 5.76 Å². The van der Waals surface area contributed by atoms with E-state index in [-0.39, 0.29) is 25.6 Å². The van der Waals surface area contributed by atoms with E-state index in [0.29, 0.717) is 16.9 Å². The largest absolute Gasteiger partial charge is 0.480 e. The van der Waals surface area contributed by atoms with E-state index in [4.69, 9.17) is 14.2 Å². The van der Waals surface area contributed by atoms with E-state index in [1.165, 1.54) is 13.2 Å². The third kappa shape index (κ3) is 2.95. The Kier molecular flexibility index (Phi) is 5.54. The summed E-state index contributed by atoms with van der Waals surface area (Å²) >= 11 is 0. The van der Waals surface area contributed by atoms with Crippen LogP contribution in [-0.2, 0) is 28.6 Å². The van der Waals surface area contributed by atoms with Gasteiger partial charge in [-0.05, 0) is 43.9 Å². The first-order chi connectivity index (χ1) is 15.3. The van der Waals surface area contributed by atoms with Gasteiger partial charge in [-0.25, -0.2) is 0 Å². The number of hydrogen-bond acceptors (Lipinski definition) is 6. The van der Waals surface area contributed by atoms with Crippen LogP contribution in [0, 0.1) is 16.7 Å². The zero-order chi connectivity index (χ0) is 23.1. The predicted octanol–water partition coefficient (Wildman–Crippen LogP) is 3.38. The number of carbonyl (C=O) groups excluding carboxylic acids is 2. The van der Waals surface area contributed by atoms with Crippen LogP contribution in [0.4, 0.5) is 0 Å². The van der Waals surface area contributed by atoms with Gasteiger partial charge in [0.05, 0.1) is 19.1 Å². The molecule has 0 amide bonds. The highest BCUT2D eigenvalue weighted by molar-refractivity contribution is 6.07. The maximum atomic E-state index is 13.9. The van der Waals surface area contributed by atoms with Gasteiger partial charge in [0.2, 0.25) is 0 Å². The summed E-state index contributed by atoms with van der Waals surface area (Å²) in [6.07, 6.45) is 4.84. The number of carboxylic acid groups (broad SMARTS) is 1. The second kappa shape index (κ2) is 8.06. The number of benzene rings is 1. The number of ether oxygens (including phenoxy) is 3. The maximum absolute atomic E-state index is 13.9. The van der Waals surface area contributed by atoms with Crippen LogP contribution < -0.4 is 0 Å². The molecular weight excluding hydrogens is 412 g/mol. The standard InChI is InChI=1S/C25H26O7/c1-15(2)11-17-12-24(22(27)28,23(29)30-3)21(16-7-5-4-6-8-16)25(17)18-13-31-14-32-19(18)9-10-20(25)26/h4-11,17,21H,12-14H2,1-3H3,(H,27,28). The number of carbonyl (C=O) groups is 3. The van der Waals surface area contributed by atoms with Gasteiger partial charge in [-0.3, -0.25) is 14.4 Å². The number of ketones is 1. The molecule has 4 rings (SSSR count). The summed E-state index contributed by atoms with van der Waals surface area (Å²) in [5, 5.41) is 10.5. The first-order valence-corrected chi connectivity index (χ1v) is 10.5. The van der Waals surface area contributed by atoms with Crippen LogP contribution in [0.3, 0.4) is 0 Å². The van der Waals surface area contributed by atoms with Gasteiger partial charge in [-0.2, -0.15) is 0 Å². The molecule has 4 unspecified atom stereocenters. The number of fused-ring (bicyclic) bond motifs is 1. The van der Waals surface area contributed by atoms with Crippen molar-refractivity contribution >= 4 is 17.7 Å². The second-order valence-corrected chi connectivity index (χ2v) is 8.69. The fourth-order valence-electron chi connectivity index (χ4n) is 5.74. The predicted molar refractivity (Wildman–Crippen MR) is 114 cm³/mol. The normalized spacial score (nSPS) is 31.2. The number of aliphatic carboxylic acids is 1. The molecule has 3 aliphatic rings. The van der Waals surface area contributed by atoms with Crippen molar-refractivity contribution in [3.63, 3.8) is 0 Å². The van der Waals surface area contributed by atoms with Gasteiger partial charge in [-0.1, -0.05) is 42.0 Å². The average Bonchev–Trinajstić information content (AvgIpc) is 3.08. The van der Waals surface area contributed by atoms with Crippen LogP contribution in [0.25, 0.3) is 0 Å². The monoisotopic (exact) mass is 438 g/mol. The van der Waals surface area contributed by atoms with Crippen molar-refractivity contribution in [1.82, 2.24) is 0 Å². The zero-order valence-electron chi connectivity index (χ0n) is 18.3. The smallest absolute Gasteiger partial charge is 0.323 e. The molecule has 2 aliphatic carbocycles. The molecule has 1 spiro atoms. The van der Waals surface area contributed by atoms with Crippen LogP contribution in [-0.4, -0.2) is 43.3 Å². The number of carboxylic acids is 1. The number of allylic oxidation sites excluding steroid dienone is 4. The third-order valence-electron chi connectivity index (χ3n) is 6.81. The van der Waals surface area contributed by atoms with E-state index in [0.717, 1.165) is 5.57 Å². The minimum atomic E-state index is -1.97. The van der Waals surface area contributed by atoms with Crippen LogP contribution in [0.5, 0.6) is 0 Å². The van der Waals surface area contributed by atoms with Crippen LogP contribution in [0.2, 0.25) is 0 Å². The van der Waals surface area contributed by atoms with Gasteiger partial charge in [-0.15, -0.1) is 0 Å². The van der Waals surface area contributed by atoms with E-state index in [9.17, 15) is 19.5 Å². The van der Waals surface area contributed by atoms with Crippen molar-refractivity contribution in [3.05, 3.63) is 71.0 Å². The molecule has 7 nitrogen and oxygen atoms in total. The molecule has 1 N–H and O–H groups in total. The lowest BCUT2D eigenvalue weighted by molar-refractivity contribution is -0.168. The lowest BCUT2D eigenvalue weighted by atomic mass is 9.57. The summed E-state index contributed by atoms with van der Waals surface area (Å²) in [4.78, 5) is 40.0. The lowest BCUT2D eigenvalue weighted by Crippen LogP contribution is -2.50. The molecule has 1 fully saturated rings. The van der Waals surface area contributed by atoms with Crippen LogP contribution in [0.15, 0.2) is 65.5 Å². The minimum absolute atomic E-state index is 0.0395. The SMILES string of the molecule is COC(=O)C1(C(=O)O)CC(C=C(C)C)C2(C(=O)C=CC3=C2COCO3)C1c1ccccc1. The summed E-state index contributed by atoms with van der Waals surface area (Å²) in [6, 6.07) is 8.86. The summed E-state index contributed by atoms with van der Waals surface area (Å²) in [5.74, 6) is -3.56. The Balaban J connectivity index is 2.13. The number of hydrogen-bond donors (Lipinski definition) is 1. The van der Waals surface area contributed by atoms with Crippen LogP contribution >= 0.6 is 0 Å². The van der Waals surface area contributed by atoms with Gasteiger partial charge >= 0.3 is 11.9 Å². The molecule has 1 aliphatic heterocycles. The Labute approximate surface area is 186 Å². The highest BCUT2D eigenvalue weighted by Crippen LogP contribution is 2.68. The molecule has 168 valence electrons. The Morgan fingerprint density at radius 2 is 1.91 bits per heavy atom. The molecule has 0 saturated heterocycles. The fraction of sp³-hybridized carbons (Fsp3) is 0.400. The first kappa shape index (κ1) is 22.0. The van der Waals surface area contributed by atoms with Crippen LogP contribution in [0.1, 0.15) is 31.7 Å². The molecule has 1 aromatic rings. The topological polar surface area (TPSA) is 99.1 Å². The first-order valence-electron chi connectivity index (χ1n) is 10.5. The van der Waals surface area contributed by atoms with Crippen molar-refractivity contribution in [2.75, 3.05) is 20.5 Å². The van der Waals surface area contributed by atoms with E-state index < -0.39 is 34.6 Å². The lowest BCUT2D eigenvalue weighted by Gasteiger charge is -2.45. The third-order valence-corrected chi connectivity index (χ3v) is 6.81. The van der Waals surface area contributed by atoms with Crippen molar-refractivity contribution in [1.29, 1.82) is 0 Å². The molecule has 1 saturated carbocycles. The van der Waals surface area contributed by atoms with Crippen molar-refractivity contribution in [2.24, 2.45) is 16.7 Å². The molecule has 0 radical (unpaired) electrons. The molecule has 0 aromatic heterocycles. The van der Waals surface area contributed by atoms with Gasteiger partial charge in [0.25, 0.3) is 0 Å². The second-order valence-electron chi connectivity index (χ2n) is 8.69.